The molecule has 4 aromatic rings. The summed E-state index contributed by atoms with van der Waals surface area (Å²) in [7, 11) is 0. The highest BCUT2D eigenvalue weighted by Gasteiger charge is 2.22. The van der Waals surface area contributed by atoms with E-state index >= 15 is 0 Å². The molecule has 4 aromatic carbocycles. The van der Waals surface area contributed by atoms with Gasteiger partial charge in [0.1, 0.15) is 11.5 Å². The van der Waals surface area contributed by atoms with Crippen molar-refractivity contribution in [2.24, 2.45) is 0 Å². The molecule has 0 aliphatic carbocycles. The first-order chi connectivity index (χ1) is 15.2. The van der Waals surface area contributed by atoms with Crippen LogP contribution in [0.5, 0.6) is 11.5 Å². The molecule has 160 valence electrons. The van der Waals surface area contributed by atoms with Gasteiger partial charge in [0.25, 0.3) is 0 Å². The molecule has 0 aliphatic rings. The van der Waals surface area contributed by atoms with E-state index in [2.05, 4.69) is 0 Å². The summed E-state index contributed by atoms with van der Waals surface area (Å²) in [5, 5.41) is 21.1. The lowest BCUT2D eigenvalue weighted by molar-refractivity contribution is 0.103. The van der Waals surface area contributed by atoms with Crippen LogP contribution >= 0.6 is 0 Å². The van der Waals surface area contributed by atoms with Crippen molar-refractivity contribution in [2.45, 2.75) is 13.8 Å². The number of carbonyl (C=O) groups excluding carboxylic acids is 2. The zero-order valence-electron chi connectivity index (χ0n) is 17.6. The largest absolute Gasteiger partial charge is 0.506 e. The smallest absolute Gasteiger partial charge is 0.194 e. The fraction of sp³-hybridized carbons (Fsp3) is 0.0769. The second-order valence-corrected chi connectivity index (χ2v) is 7.82. The van der Waals surface area contributed by atoms with Gasteiger partial charge in [0.15, 0.2) is 11.6 Å². The second-order valence-electron chi connectivity index (χ2n) is 7.82. The molecule has 0 saturated heterocycles. The van der Waals surface area contributed by atoms with E-state index in [9.17, 15) is 19.8 Å². The number of carbonyl (C=O) groups is 2. The van der Waals surface area contributed by atoms with Crippen LogP contribution in [0.15, 0.2) is 60.7 Å². The summed E-state index contributed by atoms with van der Waals surface area (Å²) >= 11 is 0. The third-order valence-electron chi connectivity index (χ3n) is 5.66. The summed E-state index contributed by atoms with van der Waals surface area (Å²) in [6.07, 6.45) is 0. The summed E-state index contributed by atoms with van der Waals surface area (Å²) in [5.74, 6) is -0.890. The van der Waals surface area contributed by atoms with Gasteiger partial charge < -0.3 is 21.7 Å². The number of hydrogen-bond acceptors (Lipinski definition) is 6. The summed E-state index contributed by atoms with van der Waals surface area (Å²) in [6.45, 7) is 3.65. The standard InChI is InChI=1S/C26H22N2O4/c1-13-3-7-18-17(23(13)25(31)15-5-9-19(27)21(29)11-15)8-4-14(2)24(18)26(32)16-6-10-20(28)22(30)12-16/h3-12,29-30H,27-28H2,1-2H3. The number of nitrogens with two attached hydrogens (primary N) is 2. The molecule has 6 N–H and O–H groups in total. The van der Waals surface area contributed by atoms with E-state index < -0.39 is 0 Å². The monoisotopic (exact) mass is 426 g/mol. The first-order valence-corrected chi connectivity index (χ1v) is 9.98. The van der Waals surface area contributed by atoms with Crippen molar-refractivity contribution in [1.82, 2.24) is 0 Å². The Morgan fingerprint density at radius 2 is 1.00 bits per heavy atom. The lowest BCUT2D eigenvalue weighted by atomic mass is 9.87. The number of hydrogen-bond donors (Lipinski definition) is 4. The van der Waals surface area contributed by atoms with Gasteiger partial charge in [-0.1, -0.05) is 24.3 Å². The van der Waals surface area contributed by atoms with Gasteiger partial charge >= 0.3 is 0 Å². The Kier molecular flexibility index (Phi) is 5.06. The van der Waals surface area contributed by atoms with Crippen molar-refractivity contribution < 1.29 is 19.8 Å². The van der Waals surface area contributed by atoms with E-state index in [1.54, 1.807) is 24.3 Å². The van der Waals surface area contributed by atoms with Gasteiger partial charge in [-0.3, -0.25) is 9.59 Å². The van der Waals surface area contributed by atoms with E-state index in [-0.39, 0.29) is 34.4 Å². The SMILES string of the molecule is Cc1ccc2c(C(=O)c3ccc(N)c(O)c3)c(C)ccc2c1C(=O)c1ccc(N)c(O)c1. The number of ketones is 2. The molecular formula is C26H22N2O4. The number of phenols is 2. The topological polar surface area (TPSA) is 127 Å². The third kappa shape index (κ3) is 3.41. The molecule has 0 saturated carbocycles. The van der Waals surface area contributed by atoms with Crippen LogP contribution in [0.1, 0.15) is 43.0 Å². The normalized spacial score (nSPS) is 10.9. The zero-order chi connectivity index (χ0) is 23.2. The van der Waals surface area contributed by atoms with Crippen LogP contribution < -0.4 is 11.5 Å². The number of benzene rings is 4. The average Bonchev–Trinajstić information content (AvgIpc) is 2.76. The molecule has 0 spiro atoms. The fourth-order valence-corrected chi connectivity index (χ4v) is 3.89. The first-order valence-electron chi connectivity index (χ1n) is 9.98. The molecule has 0 bridgehead atoms. The van der Waals surface area contributed by atoms with Gasteiger partial charge in [0.05, 0.1) is 11.4 Å². The molecule has 32 heavy (non-hydrogen) atoms. The molecule has 0 aliphatic heterocycles. The number of phenolic OH excluding ortho intramolecular Hbond substituents is 2. The Balaban J connectivity index is 1.93. The minimum absolute atomic E-state index is 0.163. The molecule has 6 heteroatoms. The van der Waals surface area contributed by atoms with Crippen LogP contribution in [0.3, 0.4) is 0 Å². The molecule has 0 heterocycles. The highest BCUT2D eigenvalue weighted by atomic mass is 16.3. The van der Waals surface area contributed by atoms with E-state index in [1.807, 2.05) is 26.0 Å². The van der Waals surface area contributed by atoms with Crippen LogP contribution in [-0.2, 0) is 0 Å². The lowest BCUT2D eigenvalue weighted by Gasteiger charge is -2.15. The molecule has 6 nitrogen and oxygen atoms in total. The van der Waals surface area contributed by atoms with Gasteiger partial charge in [0.2, 0.25) is 0 Å². The molecule has 4 rings (SSSR count). The van der Waals surface area contributed by atoms with Gasteiger partial charge in [-0.15, -0.1) is 0 Å². The van der Waals surface area contributed by atoms with Gasteiger partial charge in [0, 0.05) is 22.3 Å². The van der Waals surface area contributed by atoms with E-state index in [0.717, 1.165) is 11.1 Å². The predicted octanol–water partition coefficient (Wildman–Crippen LogP) is 4.49. The molecule has 0 unspecified atom stereocenters. The van der Waals surface area contributed by atoms with Gasteiger partial charge in [-0.05, 0) is 72.1 Å². The Hall–Kier alpha value is -4.32. The number of aromatic hydroxyl groups is 2. The molecular weight excluding hydrogens is 404 g/mol. The van der Waals surface area contributed by atoms with Crippen molar-refractivity contribution in [1.29, 1.82) is 0 Å². The molecule has 0 fully saturated rings. The maximum absolute atomic E-state index is 13.4. The summed E-state index contributed by atoms with van der Waals surface area (Å²) < 4.78 is 0. The van der Waals surface area contributed by atoms with Gasteiger partial charge in [-0.25, -0.2) is 0 Å². The van der Waals surface area contributed by atoms with Crippen molar-refractivity contribution in [2.75, 3.05) is 11.5 Å². The lowest BCUT2D eigenvalue weighted by Crippen LogP contribution is -2.09. The highest BCUT2D eigenvalue weighted by molar-refractivity contribution is 6.23. The van der Waals surface area contributed by atoms with Crippen molar-refractivity contribution in [3.8, 4) is 11.5 Å². The second kappa shape index (κ2) is 7.74. The van der Waals surface area contributed by atoms with Crippen LogP contribution in [0.25, 0.3) is 10.8 Å². The van der Waals surface area contributed by atoms with Crippen LogP contribution in [0, 0.1) is 13.8 Å². The number of aryl methyl sites for hydroxylation is 2. The number of fused-ring (bicyclic) bond motifs is 1. The van der Waals surface area contributed by atoms with Crippen molar-refractivity contribution >= 4 is 33.7 Å². The zero-order valence-corrected chi connectivity index (χ0v) is 17.6. The Morgan fingerprint density at radius 3 is 1.34 bits per heavy atom. The van der Waals surface area contributed by atoms with Crippen LogP contribution in [0.4, 0.5) is 11.4 Å². The van der Waals surface area contributed by atoms with Crippen LogP contribution in [-0.4, -0.2) is 21.8 Å². The first kappa shape index (κ1) is 20.9. The minimum atomic E-state index is -0.282. The number of rotatable bonds is 4. The number of nitrogen functional groups attached to an aromatic ring is 2. The molecule has 0 amide bonds. The number of anilines is 2. The third-order valence-corrected chi connectivity index (χ3v) is 5.66. The maximum Gasteiger partial charge on any atom is 0.194 e. The Labute approximate surface area is 184 Å². The van der Waals surface area contributed by atoms with Crippen molar-refractivity contribution in [3.63, 3.8) is 0 Å². The van der Waals surface area contributed by atoms with Crippen LogP contribution in [0.2, 0.25) is 0 Å². The van der Waals surface area contributed by atoms with E-state index in [4.69, 9.17) is 11.5 Å². The fourth-order valence-electron chi connectivity index (χ4n) is 3.89. The Morgan fingerprint density at radius 1 is 0.625 bits per heavy atom. The average molecular weight is 426 g/mol. The molecule has 0 radical (unpaired) electrons. The van der Waals surface area contributed by atoms with Crippen molar-refractivity contribution in [3.05, 3.63) is 94.0 Å². The molecule has 0 aromatic heterocycles. The highest BCUT2D eigenvalue weighted by Crippen LogP contribution is 2.32. The minimum Gasteiger partial charge on any atom is -0.506 e. The van der Waals surface area contributed by atoms with Gasteiger partial charge in [-0.2, -0.15) is 0 Å². The van der Waals surface area contributed by atoms with E-state index in [1.165, 1.54) is 24.3 Å². The molecule has 0 atom stereocenters. The summed E-state index contributed by atoms with van der Waals surface area (Å²) in [5.41, 5.74) is 14.7. The van der Waals surface area contributed by atoms with E-state index in [0.29, 0.717) is 33.0 Å². The summed E-state index contributed by atoms with van der Waals surface area (Å²) in [4.78, 5) is 26.8. The maximum atomic E-state index is 13.4. The Bertz CT molecular complexity index is 1310. The quantitative estimate of drug-likeness (QED) is 0.216. The summed E-state index contributed by atoms with van der Waals surface area (Å²) in [6, 6.07) is 16.0. The predicted molar refractivity (Wildman–Crippen MR) is 125 cm³/mol.